The molecular weight excluding hydrogens is 143 g/mol. The second kappa shape index (κ2) is 5.77. The first-order valence-corrected chi connectivity index (χ1v) is 2.52. The maximum absolute atomic E-state index is 10.5. The molecule has 0 aliphatic carbocycles. The van der Waals surface area contributed by atoms with Crippen LogP contribution in [-0.2, 0) is 14.3 Å². The molecule has 0 unspecified atom stereocenters. The molecular formula is C6H9NaO3. The summed E-state index contributed by atoms with van der Waals surface area (Å²) in [6, 6.07) is 0. The van der Waals surface area contributed by atoms with Gasteiger partial charge in [-0.1, -0.05) is 0 Å². The Hall–Kier alpha value is 0.0100. The molecule has 0 rings (SSSR count). The number of hydrogen-bond acceptors (Lipinski definition) is 3. The van der Waals surface area contributed by atoms with Gasteiger partial charge in [0.15, 0.2) is 5.97 Å². The standard InChI is InChI=1S/C6H9O3.Na/c1-4(5(2)7)6(8)9-3;/h1-3H3;/q-1;+1. The molecule has 10 heavy (non-hydrogen) atoms. The van der Waals surface area contributed by atoms with E-state index in [0.29, 0.717) is 0 Å². The van der Waals surface area contributed by atoms with Crippen molar-refractivity contribution in [3.05, 3.63) is 5.92 Å². The molecule has 0 aromatic carbocycles. The second-order valence-electron chi connectivity index (χ2n) is 1.67. The Morgan fingerprint density at radius 1 is 1.40 bits per heavy atom. The summed E-state index contributed by atoms with van der Waals surface area (Å²) in [5, 5.41) is 0. The zero-order chi connectivity index (χ0) is 7.44. The van der Waals surface area contributed by atoms with E-state index < -0.39 is 5.97 Å². The summed E-state index contributed by atoms with van der Waals surface area (Å²) in [4.78, 5) is 20.9. The first-order valence-electron chi connectivity index (χ1n) is 2.52. The van der Waals surface area contributed by atoms with Crippen molar-refractivity contribution >= 4 is 11.8 Å². The first kappa shape index (κ1) is 12.7. The van der Waals surface area contributed by atoms with Gasteiger partial charge in [0.2, 0.25) is 0 Å². The average molecular weight is 152 g/mol. The summed E-state index contributed by atoms with van der Waals surface area (Å²) in [6.45, 7) is 2.76. The Kier molecular flexibility index (Phi) is 7.31. The molecule has 0 spiro atoms. The minimum atomic E-state index is -0.553. The Balaban J connectivity index is 0. The van der Waals surface area contributed by atoms with Gasteiger partial charge in [-0.25, -0.2) is 5.92 Å². The second-order valence-corrected chi connectivity index (χ2v) is 1.67. The zero-order valence-corrected chi connectivity index (χ0v) is 8.72. The van der Waals surface area contributed by atoms with Crippen LogP contribution in [-0.4, -0.2) is 18.9 Å². The summed E-state index contributed by atoms with van der Waals surface area (Å²) in [5.74, 6) is -0.665. The Morgan fingerprint density at radius 3 is 1.90 bits per heavy atom. The van der Waals surface area contributed by atoms with Crippen LogP contribution in [0.25, 0.3) is 0 Å². The first-order chi connectivity index (χ1) is 4.09. The number of Topliss-reactive ketones (excluding diaryl/α,β-unsaturated/α-hetero) is 1. The van der Waals surface area contributed by atoms with Gasteiger partial charge < -0.3 is 9.53 Å². The SMILES string of the molecule is COC(=O)[C-](C)C(C)=O.[Na+]. The van der Waals surface area contributed by atoms with Crippen LogP contribution < -0.4 is 29.6 Å². The Bertz CT molecular complexity index is 133. The van der Waals surface area contributed by atoms with Crippen molar-refractivity contribution in [2.24, 2.45) is 0 Å². The van der Waals surface area contributed by atoms with Gasteiger partial charge in [0.05, 0.1) is 7.11 Å². The van der Waals surface area contributed by atoms with Gasteiger partial charge in [0.25, 0.3) is 0 Å². The van der Waals surface area contributed by atoms with Crippen LogP contribution in [0.4, 0.5) is 0 Å². The number of hydrogen-bond donors (Lipinski definition) is 0. The fourth-order valence-corrected chi connectivity index (χ4v) is 0.297. The van der Waals surface area contributed by atoms with Gasteiger partial charge in [-0.05, 0) is 6.92 Å². The third-order valence-corrected chi connectivity index (χ3v) is 1.02. The van der Waals surface area contributed by atoms with E-state index >= 15 is 0 Å². The number of rotatable bonds is 2. The fourth-order valence-electron chi connectivity index (χ4n) is 0.297. The molecule has 0 heterocycles. The van der Waals surface area contributed by atoms with E-state index in [9.17, 15) is 9.59 Å². The molecule has 0 aromatic rings. The Morgan fingerprint density at radius 2 is 1.80 bits per heavy atom. The maximum Gasteiger partial charge on any atom is 1.00 e. The number of carbonyl (C=O) groups excluding carboxylic acids is 2. The molecule has 0 bridgehead atoms. The largest absolute Gasteiger partial charge is 1.00 e. The van der Waals surface area contributed by atoms with E-state index in [-0.39, 0.29) is 41.3 Å². The van der Waals surface area contributed by atoms with Gasteiger partial charge in [-0.15, -0.1) is 0 Å². The van der Waals surface area contributed by atoms with E-state index in [1.54, 1.807) is 0 Å². The van der Waals surface area contributed by atoms with Crippen LogP contribution >= 0.6 is 0 Å². The summed E-state index contributed by atoms with van der Waals surface area (Å²) >= 11 is 0. The van der Waals surface area contributed by atoms with Crippen molar-refractivity contribution in [1.82, 2.24) is 0 Å². The minimum absolute atomic E-state index is 0. The van der Waals surface area contributed by atoms with Crippen LogP contribution in [0.1, 0.15) is 13.8 Å². The smallest absolute Gasteiger partial charge is 0.491 e. The van der Waals surface area contributed by atoms with Crippen LogP contribution in [0, 0.1) is 5.92 Å². The molecule has 0 radical (unpaired) electrons. The van der Waals surface area contributed by atoms with Crippen molar-refractivity contribution in [3.8, 4) is 0 Å². The molecule has 52 valence electrons. The van der Waals surface area contributed by atoms with Crippen molar-refractivity contribution in [2.75, 3.05) is 7.11 Å². The molecule has 0 saturated carbocycles. The van der Waals surface area contributed by atoms with E-state index in [1.807, 2.05) is 0 Å². The van der Waals surface area contributed by atoms with E-state index in [1.165, 1.54) is 21.0 Å². The van der Waals surface area contributed by atoms with E-state index in [4.69, 9.17) is 0 Å². The summed E-state index contributed by atoms with van der Waals surface area (Å²) in [5.41, 5.74) is 0. The molecule has 0 amide bonds. The fraction of sp³-hybridized carbons (Fsp3) is 0.500. The number of ketones is 1. The van der Waals surface area contributed by atoms with Crippen molar-refractivity contribution in [1.29, 1.82) is 0 Å². The molecule has 0 saturated heterocycles. The van der Waals surface area contributed by atoms with Gasteiger partial charge >= 0.3 is 29.6 Å². The van der Waals surface area contributed by atoms with Crippen LogP contribution in [0.3, 0.4) is 0 Å². The predicted octanol–water partition coefficient (Wildman–Crippen LogP) is -2.65. The van der Waals surface area contributed by atoms with Gasteiger partial charge in [0.1, 0.15) is 0 Å². The third kappa shape index (κ3) is 3.93. The quantitative estimate of drug-likeness (QED) is 0.188. The van der Waals surface area contributed by atoms with Crippen LogP contribution in [0.5, 0.6) is 0 Å². The summed E-state index contributed by atoms with van der Waals surface area (Å²) < 4.78 is 4.28. The van der Waals surface area contributed by atoms with Gasteiger partial charge in [0, 0.05) is 5.78 Å². The zero-order valence-electron chi connectivity index (χ0n) is 6.72. The molecule has 4 heteroatoms. The van der Waals surface area contributed by atoms with Crippen molar-refractivity contribution < 1.29 is 43.9 Å². The minimum Gasteiger partial charge on any atom is -0.491 e. The third-order valence-electron chi connectivity index (χ3n) is 1.02. The monoisotopic (exact) mass is 152 g/mol. The van der Waals surface area contributed by atoms with Crippen LogP contribution in [0.15, 0.2) is 0 Å². The number of ether oxygens (including phenoxy) is 1. The van der Waals surface area contributed by atoms with Gasteiger partial charge in [-0.2, -0.15) is 6.92 Å². The van der Waals surface area contributed by atoms with Gasteiger partial charge in [-0.3, -0.25) is 4.79 Å². The van der Waals surface area contributed by atoms with Crippen LogP contribution in [0.2, 0.25) is 0 Å². The molecule has 3 nitrogen and oxygen atoms in total. The molecule has 0 atom stereocenters. The number of esters is 1. The van der Waals surface area contributed by atoms with E-state index in [2.05, 4.69) is 4.74 Å². The summed E-state index contributed by atoms with van der Waals surface area (Å²) in [6.07, 6.45) is 0. The van der Waals surface area contributed by atoms with Crippen molar-refractivity contribution in [2.45, 2.75) is 13.8 Å². The maximum atomic E-state index is 10.5. The molecule has 0 N–H and O–H groups in total. The van der Waals surface area contributed by atoms with Crippen molar-refractivity contribution in [3.63, 3.8) is 0 Å². The van der Waals surface area contributed by atoms with E-state index in [0.717, 1.165) is 0 Å². The molecule has 0 fully saturated rings. The summed E-state index contributed by atoms with van der Waals surface area (Å²) in [7, 11) is 1.24. The number of methoxy groups -OCH3 is 1. The molecule has 0 aliphatic rings. The Labute approximate surface area is 82.4 Å². The molecule has 0 aromatic heterocycles. The normalized spacial score (nSPS) is 7.50. The average Bonchev–Trinajstić information content (AvgIpc) is 1.84. The molecule has 0 aliphatic heterocycles. The predicted molar refractivity (Wildman–Crippen MR) is 31.6 cm³/mol. The number of carbonyl (C=O) groups is 2. The topological polar surface area (TPSA) is 43.4 Å².